The van der Waals surface area contributed by atoms with Crippen LogP contribution >= 0.6 is 0 Å². The van der Waals surface area contributed by atoms with E-state index in [1.54, 1.807) is 27.7 Å². The first-order valence-corrected chi connectivity index (χ1v) is 6.36. The van der Waals surface area contributed by atoms with E-state index in [-0.39, 0.29) is 13.0 Å². The topological polar surface area (TPSA) is 98.4 Å². The van der Waals surface area contributed by atoms with Crippen LogP contribution in [0.3, 0.4) is 0 Å². The second-order valence-corrected chi connectivity index (χ2v) is 6.04. The summed E-state index contributed by atoms with van der Waals surface area (Å²) in [6.45, 7) is 6.96. The van der Waals surface area contributed by atoms with Crippen LogP contribution in [0.5, 0.6) is 0 Å². The number of carbonyl (C=O) groups is 2. The highest BCUT2D eigenvalue weighted by atomic mass is 16.4. The maximum Gasteiger partial charge on any atom is 0.514 e. The van der Waals surface area contributed by atoms with Gasteiger partial charge in [0, 0.05) is 12.8 Å². The summed E-state index contributed by atoms with van der Waals surface area (Å²) < 4.78 is -0.593. The molecule has 2 N–H and O–H groups in total. The van der Waals surface area contributed by atoms with Crippen LogP contribution in [0.1, 0.15) is 40.5 Å². The van der Waals surface area contributed by atoms with Gasteiger partial charge in [-0.05, 0) is 20.8 Å². The molecule has 0 aromatic carbocycles. The van der Waals surface area contributed by atoms with E-state index in [1.165, 1.54) is 0 Å². The normalized spacial score (nSPS) is 34.8. The van der Waals surface area contributed by atoms with Crippen molar-refractivity contribution >= 4 is 12.1 Å². The van der Waals surface area contributed by atoms with Gasteiger partial charge in [0.25, 0.3) is 0 Å². The fraction of sp³-hybridized carbons (Fsp3) is 0.769. The molecule has 0 aliphatic carbocycles. The van der Waals surface area contributed by atoms with Gasteiger partial charge >= 0.3 is 12.1 Å². The highest BCUT2D eigenvalue weighted by Gasteiger charge is 2.73. The van der Waals surface area contributed by atoms with Crippen LogP contribution in [0.4, 0.5) is 4.79 Å². The van der Waals surface area contributed by atoms with Gasteiger partial charge in [0.05, 0.1) is 12.6 Å². The third-order valence-electron chi connectivity index (χ3n) is 4.55. The number of rotatable bonds is 2. The van der Waals surface area contributed by atoms with Crippen molar-refractivity contribution in [1.29, 1.82) is 5.26 Å². The minimum absolute atomic E-state index is 0.115. The lowest BCUT2D eigenvalue weighted by molar-refractivity contribution is -0.932. The minimum Gasteiger partial charge on any atom is -0.477 e. The Bertz CT molecular complexity index is 449. The largest absolute Gasteiger partial charge is 0.514 e. The average molecular weight is 269 g/mol. The SMILES string of the molecule is CC[C@]1(C(=O)O)[C@H](C#N)CC[N+]1(C(=O)O)C(C)(C)C. The van der Waals surface area contributed by atoms with E-state index in [2.05, 4.69) is 0 Å². The molecule has 1 fully saturated rings. The molecule has 0 bridgehead atoms. The first kappa shape index (κ1) is 15.4. The van der Waals surface area contributed by atoms with E-state index in [0.29, 0.717) is 6.42 Å². The molecular formula is C13H21N2O4+. The highest BCUT2D eigenvalue weighted by molar-refractivity contribution is 5.81. The fourth-order valence-electron chi connectivity index (χ4n) is 3.67. The maximum atomic E-state index is 11.9. The second-order valence-electron chi connectivity index (χ2n) is 6.04. The number of hydrogen-bond donors (Lipinski definition) is 2. The lowest BCUT2D eigenvalue weighted by atomic mass is 9.79. The number of aliphatic carboxylic acids is 1. The predicted molar refractivity (Wildman–Crippen MR) is 67.3 cm³/mol. The van der Waals surface area contributed by atoms with Gasteiger partial charge in [-0.2, -0.15) is 10.1 Å². The summed E-state index contributed by atoms with van der Waals surface area (Å²) in [5.41, 5.74) is -2.38. The van der Waals surface area contributed by atoms with Gasteiger partial charge in [0.15, 0.2) is 0 Å². The summed E-state index contributed by atoms with van der Waals surface area (Å²) in [7, 11) is 0. The molecule has 19 heavy (non-hydrogen) atoms. The molecule has 1 aliphatic heterocycles. The number of quaternary nitrogens is 1. The van der Waals surface area contributed by atoms with Gasteiger partial charge < -0.3 is 10.2 Å². The van der Waals surface area contributed by atoms with Crippen molar-refractivity contribution in [3.63, 3.8) is 0 Å². The van der Waals surface area contributed by atoms with E-state index in [1.807, 2.05) is 6.07 Å². The van der Waals surface area contributed by atoms with Crippen molar-refractivity contribution < 1.29 is 24.3 Å². The average Bonchev–Trinajstić information content (AvgIpc) is 2.63. The van der Waals surface area contributed by atoms with Crippen LogP contribution in [0.25, 0.3) is 0 Å². The van der Waals surface area contributed by atoms with Crippen molar-refractivity contribution in [2.45, 2.75) is 51.6 Å². The third-order valence-corrected chi connectivity index (χ3v) is 4.55. The van der Waals surface area contributed by atoms with Gasteiger partial charge in [-0.3, -0.25) is 0 Å². The molecule has 0 saturated carbocycles. The molecular weight excluding hydrogens is 248 g/mol. The zero-order valence-electron chi connectivity index (χ0n) is 11.8. The van der Waals surface area contributed by atoms with Crippen molar-refractivity contribution in [2.75, 3.05) is 6.54 Å². The standard InChI is InChI=1S/C13H20N2O4/c1-5-13(10(16)17)9(8-14)6-7-15(13,11(18)19)12(2,3)4/h9H,5-7H2,1-4H3,(H-,16,17,18,19)/p+1/t9-,13+,15?/m0/s1. The molecule has 0 spiro atoms. The van der Waals surface area contributed by atoms with Gasteiger partial charge in [-0.25, -0.2) is 9.28 Å². The van der Waals surface area contributed by atoms with Crippen LogP contribution in [-0.2, 0) is 4.79 Å². The summed E-state index contributed by atoms with van der Waals surface area (Å²) in [4.78, 5) is 23.8. The van der Waals surface area contributed by atoms with Crippen molar-refractivity contribution in [2.24, 2.45) is 5.92 Å². The minimum atomic E-state index is -1.58. The Morgan fingerprint density at radius 2 is 1.95 bits per heavy atom. The van der Waals surface area contributed by atoms with Gasteiger partial charge in [0.1, 0.15) is 11.5 Å². The van der Waals surface area contributed by atoms with E-state index in [4.69, 9.17) is 0 Å². The lowest BCUT2D eigenvalue weighted by Crippen LogP contribution is -2.75. The summed E-state index contributed by atoms with van der Waals surface area (Å²) in [5.74, 6) is -1.98. The molecule has 1 unspecified atom stereocenters. The van der Waals surface area contributed by atoms with Crippen molar-refractivity contribution in [3.05, 3.63) is 0 Å². The van der Waals surface area contributed by atoms with Gasteiger partial charge in [-0.1, -0.05) is 6.92 Å². The Labute approximate surface area is 112 Å². The van der Waals surface area contributed by atoms with Gasteiger partial charge in [-0.15, -0.1) is 0 Å². The molecule has 0 radical (unpaired) electrons. The predicted octanol–water partition coefficient (Wildman–Crippen LogP) is 2.06. The number of nitriles is 1. The Kier molecular flexibility index (Phi) is 3.65. The Balaban J connectivity index is 3.69. The number of amides is 1. The number of carboxylic acid groups (broad SMARTS) is 2. The number of nitrogens with zero attached hydrogens (tertiary/aromatic N) is 2. The lowest BCUT2D eigenvalue weighted by Gasteiger charge is -2.50. The van der Waals surface area contributed by atoms with Crippen LogP contribution in [0, 0.1) is 17.2 Å². The summed E-state index contributed by atoms with van der Waals surface area (Å²) in [5, 5.41) is 28.7. The van der Waals surface area contributed by atoms with Crippen LogP contribution < -0.4 is 0 Å². The molecule has 0 aromatic rings. The van der Waals surface area contributed by atoms with Crippen molar-refractivity contribution in [3.8, 4) is 6.07 Å². The maximum absolute atomic E-state index is 11.9. The number of carboxylic acids is 1. The first-order chi connectivity index (χ1) is 8.61. The van der Waals surface area contributed by atoms with Crippen molar-refractivity contribution in [1.82, 2.24) is 0 Å². The van der Waals surface area contributed by atoms with Crippen LogP contribution in [0.15, 0.2) is 0 Å². The molecule has 3 atom stereocenters. The van der Waals surface area contributed by atoms with E-state index >= 15 is 0 Å². The molecule has 1 aliphatic rings. The molecule has 6 heteroatoms. The monoisotopic (exact) mass is 269 g/mol. The van der Waals surface area contributed by atoms with Crippen LogP contribution in [0.2, 0.25) is 0 Å². The molecule has 6 nitrogen and oxygen atoms in total. The molecule has 1 rings (SSSR count). The van der Waals surface area contributed by atoms with E-state index in [0.717, 1.165) is 0 Å². The quantitative estimate of drug-likeness (QED) is 0.747. The molecule has 0 aromatic heterocycles. The summed E-state index contributed by atoms with van der Waals surface area (Å²) in [6, 6.07) is 2.01. The van der Waals surface area contributed by atoms with Gasteiger partial charge in [0.2, 0.25) is 5.54 Å². The zero-order valence-corrected chi connectivity index (χ0v) is 11.8. The number of likely N-dealkylation sites (tertiary alicyclic amines) is 1. The Morgan fingerprint density at radius 1 is 1.42 bits per heavy atom. The van der Waals surface area contributed by atoms with E-state index < -0.39 is 33.5 Å². The summed E-state index contributed by atoms with van der Waals surface area (Å²) in [6.07, 6.45) is -0.765. The second kappa shape index (κ2) is 4.49. The molecule has 1 saturated heterocycles. The smallest absolute Gasteiger partial charge is 0.477 e. The molecule has 1 heterocycles. The fourth-order valence-corrected chi connectivity index (χ4v) is 3.67. The Hall–Kier alpha value is -1.61. The molecule has 1 amide bonds. The first-order valence-electron chi connectivity index (χ1n) is 6.36. The summed E-state index contributed by atoms with van der Waals surface area (Å²) >= 11 is 0. The van der Waals surface area contributed by atoms with E-state index in [9.17, 15) is 25.1 Å². The third kappa shape index (κ3) is 1.65. The van der Waals surface area contributed by atoms with Crippen LogP contribution in [-0.4, -0.2) is 44.4 Å². The highest BCUT2D eigenvalue weighted by Crippen LogP contribution is 2.49. The zero-order chi connectivity index (χ0) is 15.1. The Morgan fingerprint density at radius 3 is 2.21 bits per heavy atom. The molecule has 106 valence electrons. The number of hydrogen-bond acceptors (Lipinski definition) is 3.